The lowest BCUT2D eigenvalue weighted by Gasteiger charge is -2.14. The second-order valence-electron chi connectivity index (χ2n) is 16.2. The smallest absolute Gasteiger partial charge is 0.491 e. The van der Waals surface area contributed by atoms with Crippen molar-refractivity contribution in [3.05, 3.63) is 130 Å². The third-order valence-corrected chi connectivity index (χ3v) is 12.7. The number of benzene rings is 5. The van der Waals surface area contributed by atoms with Crippen LogP contribution in [0, 0.1) is 0 Å². The highest BCUT2D eigenvalue weighted by molar-refractivity contribution is 7.98. The fraction of sp³-hybridized carbons (Fsp3) is 0.474. The maximum atomic E-state index is 9.67. The van der Waals surface area contributed by atoms with Crippen LogP contribution in [0.3, 0.4) is 0 Å². The molecule has 0 spiro atoms. The van der Waals surface area contributed by atoms with Crippen LogP contribution in [0.1, 0.15) is 110 Å². The zero-order valence-corrected chi connectivity index (χ0v) is 48.5. The Balaban J connectivity index is 0.000000836. The first-order valence-corrected chi connectivity index (χ1v) is 28.1. The highest BCUT2D eigenvalue weighted by Gasteiger charge is 2.29. The first kappa shape index (κ1) is 69.1. The fourth-order valence-electron chi connectivity index (χ4n) is 8.27. The molecule has 0 unspecified atom stereocenters. The van der Waals surface area contributed by atoms with E-state index >= 15 is 0 Å². The predicted molar refractivity (Wildman–Crippen MR) is 322 cm³/mol. The van der Waals surface area contributed by atoms with Crippen LogP contribution in [0.5, 0.6) is 5.75 Å². The number of aliphatic hydroxyl groups excluding tert-OH is 1. The number of anilines is 1. The normalized spacial score (nSPS) is 12.9. The Hall–Kier alpha value is -3.95. The molecule has 0 fully saturated rings. The Bertz CT molecular complexity index is 2160. The molecule has 0 aliphatic carbocycles. The Morgan fingerprint density at radius 3 is 1.55 bits per heavy atom. The van der Waals surface area contributed by atoms with Gasteiger partial charge in [0, 0.05) is 38.4 Å². The SMILES string of the molecule is CC.CC.CC.CC.CC.CCOC.CN(C)c1ccc2c(c1)B(O)CC2.COc1ccc2c(c1)B(O)OC2.CSc1ccc2c(c1)B(O)CC2.OB1CCc2ccccc21.OCc1cccc2c1B(O)CC2. The van der Waals surface area contributed by atoms with E-state index in [1.807, 2.05) is 139 Å². The van der Waals surface area contributed by atoms with Crippen LogP contribution in [0.2, 0.25) is 25.3 Å². The second kappa shape index (κ2) is 40.4. The van der Waals surface area contributed by atoms with Gasteiger partial charge in [0.15, 0.2) is 0 Å². The van der Waals surface area contributed by atoms with Crippen molar-refractivity contribution in [1.82, 2.24) is 0 Å². The highest BCUT2D eigenvalue weighted by atomic mass is 32.2. The van der Waals surface area contributed by atoms with Crippen LogP contribution >= 0.6 is 11.8 Å². The van der Waals surface area contributed by atoms with Crippen molar-refractivity contribution in [2.75, 3.05) is 46.1 Å². The standard InChI is InChI=1S/C10H14BNO.C9H11BO2.C9H11BOS.C8H9BO3.C8H9BO.C3H8O.5C2H6/c1-12(2)9-4-3-8-5-6-11(13)10(8)7-9;11-6-8-3-1-2-7-4-5-10(12)9(7)8;1-12-8-3-2-7-4-5-10(11)9(7)6-8;1-11-7-3-2-6-5-12-9(10)8(6)4-7;10-9-6-5-7-3-1-2-4-8(7)9;1-3-4-2;5*1-2/h3-4,7,13H,5-6H2,1-2H3;1-3,11-12H,4-6H2;2-3,6,11H,4-5H2,1H3;2-4,10H,5H2,1H3;1-4,10H,5-6H2;3H2,1-2H3;5*1-2H3. The van der Waals surface area contributed by atoms with Crippen LogP contribution in [-0.4, -0.2) is 106 Å². The van der Waals surface area contributed by atoms with Crippen LogP contribution in [-0.2, 0) is 48.3 Å². The minimum absolute atomic E-state index is 0.0280. The van der Waals surface area contributed by atoms with E-state index in [0.717, 1.165) is 102 Å². The number of hydrogen-bond donors (Lipinski definition) is 6. The van der Waals surface area contributed by atoms with Gasteiger partial charge < -0.3 is 49.3 Å². The number of rotatable bonds is 5. The topological polar surface area (TPSA) is 152 Å². The van der Waals surface area contributed by atoms with Crippen molar-refractivity contribution in [3.8, 4) is 5.75 Å². The first-order valence-electron chi connectivity index (χ1n) is 26.9. The Morgan fingerprint density at radius 2 is 1.03 bits per heavy atom. The molecular formula is C57H92B5NO9S. The lowest BCUT2D eigenvalue weighted by molar-refractivity contribution is 0.215. The first-order chi connectivity index (χ1) is 35.4. The number of hydrogen-bond acceptors (Lipinski definition) is 11. The number of ether oxygens (including phenoxy) is 2. The van der Waals surface area contributed by atoms with Gasteiger partial charge in [-0.05, 0) is 133 Å². The van der Waals surface area contributed by atoms with Gasteiger partial charge in [-0.15, -0.1) is 11.8 Å². The molecule has 73 heavy (non-hydrogen) atoms. The van der Waals surface area contributed by atoms with E-state index < -0.39 is 7.12 Å². The van der Waals surface area contributed by atoms with Gasteiger partial charge in [0.2, 0.25) is 0 Å². The van der Waals surface area contributed by atoms with Crippen LogP contribution in [0.25, 0.3) is 0 Å². The molecule has 6 N–H and O–H groups in total. The van der Waals surface area contributed by atoms with Gasteiger partial charge in [0.1, 0.15) is 5.75 Å². The summed E-state index contributed by atoms with van der Waals surface area (Å²) < 4.78 is 14.6. The third kappa shape index (κ3) is 22.0. The molecule has 5 aliphatic heterocycles. The lowest BCUT2D eigenvalue weighted by Crippen LogP contribution is -2.29. The Morgan fingerprint density at radius 1 is 0.548 bits per heavy atom. The van der Waals surface area contributed by atoms with E-state index in [0.29, 0.717) is 6.61 Å². The summed E-state index contributed by atoms with van der Waals surface area (Å²) >= 11 is 1.73. The summed E-state index contributed by atoms with van der Waals surface area (Å²) in [5.41, 5.74) is 13.4. The maximum absolute atomic E-state index is 9.67. The molecule has 5 aliphatic rings. The van der Waals surface area contributed by atoms with E-state index in [2.05, 4.69) is 58.4 Å². The summed E-state index contributed by atoms with van der Waals surface area (Å²) in [4.78, 5) is 3.31. The summed E-state index contributed by atoms with van der Waals surface area (Å²) in [7, 11) is 6.53. The molecule has 0 saturated heterocycles. The van der Waals surface area contributed by atoms with Gasteiger partial charge in [-0.25, -0.2) is 0 Å². The molecule has 0 saturated carbocycles. The Kier molecular flexibility index (Phi) is 38.2. The molecule has 16 heteroatoms. The van der Waals surface area contributed by atoms with Gasteiger partial charge in [-0.3, -0.25) is 0 Å². The average Bonchev–Trinajstić information content (AvgIpc) is 4.31. The van der Waals surface area contributed by atoms with Gasteiger partial charge in [0.05, 0.1) is 20.3 Å². The monoisotopic (exact) mass is 1020 g/mol. The van der Waals surface area contributed by atoms with E-state index in [4.69, 9.17) is 14.5 Å². The largest absolute Gasteiger partial charge is 0.497 e. The van der Waals surface area contributed by atoms with Crippen LogP contribution in [0.15, 0.2) is 102 Å². The molecule has 5 heterocycles. The van der Waals surface area contributed by atoms with Gasteiger partial charge in [-0.2, -0.15) is 0 Å². The number of methoxy groups -OCH3 is 2. The molecule has 0 radical (unpaired) electrons. The van der Waals surface area contributed by atoms with Crippen molar-refractivity contribution >= 4 is 79.5 Å². The van der Waals surface area contributed by atoms with Crippen molar-refractivity contribution in [1.29, 1.82) is 0 Å². The third-order valence-electron chi connectivity index (χ3n) is 12.0. The number of aliphatic hydroxyl groups is 1. The van der Waals surface area contributed by atoms with Crippen LogP contribution in [0.4, 0.5) is 5.69 Å². The van der Waals surface area contributed by atoms with E-state index in [9.17, 15) is 25.1 Å². The van der Waals surface area contributed by atoms with Crippen molar-refractivity contribution in [3.63, 3.8) is 0 Å². The summed E-state index contributed by atoms with van der Waals surface area (Å²) in [5.74, 6) is 0.748. The van der Waals surface area contributed by atoms with Crippen LogP contribution < -0.4 is 37.0 Å². The summed E-state index contributed by atoms with van der Waals surface area (Å²) in [6, 6.07) is 32.2. The molecule has 0 aromatic heterocycles. The maximum Gasteiger partial charge on any atom is 0.491 e. The minimum Gasteiger partial charge on any atom is -0.497 e. The van der Waals surface area contributed by atoms with Crippen molar-refractivity contribution < 1.29 is 44.4 Å². The van der Waals surface area contributed by atoms with Crippen molar-refractivity contribution in [2.45, 2.75) is 145 Å². The highest BCUT2D eigenvalue weighted by Crippen LogP contribution is 2.21. The van der Waals surface area contributed by atoms with E-state index in [1.165, 1.54) is 32.8 Å². The van der Waals surface area contributed by atoms with Gasteiger partial charge >= 0.3 is 34.8 Å². The molecule has 10 nitrogen and oxygen atoms in total. The molecular weight excluding hydrogens is 929 g/mol. The molecule has 10 rings (SSSR count). The fourth-order valence-corrected chi connectivity index (χ4v) is 8.72. The molecule has 400 valence electrons. The zero-order chi connectivity index (χ0) is 55.5. The molecule has 5 aromatic rings. The molecule has 0 amide bonds. The Labute approximate surface area is 449 Å². The predicted octanol–water partition coefficient (Wildman–Crippen LogP) is 7.71. The lowest BCUT2D eigenvalue weighted by atomic mass is 9.61. The van der Waals surface area contributed by atoms with Crippen molar-refractivity contribution in [2.24, 2.45) is 0 Å². The average molecular weight is 1020 g/mol. The summed E-state index contributed by atoms with van der Waals surface area (Å²) in [6.07, 6.45) is 9.56. The number of aryl methyl sites for hydroxylation is 4. The molecule has 5 aromatic carbocycles. The minimum atomic E-state index is -0.782. The molecule has 0 atom stereocenters. The molecule has 0 bridgehead atoms. The summed E-state index contributed by atoms with van der Waals surface area (Å²) in [6.45, 7) is 22.3. The quantitative estimate of drug-likeness (QED) is 0.0759. The number of thioether (sulfide) groups is 1. The zero-order valence-electron chi connectivity index (χ0n) is 47.7. The van der Waals surface area contributed by atoms with E-state index in [1.54, 1.807) is 32.0 Å². The van der Waals surface area contributed by atoms with Gasteiger partial charge in [0.25, 0.3) is 0 Å². The van der Waals surface area contributed by atoms with Gasteiger partial charge in [-0.1, -0.05) is 158 Å². The van der Waals surface area contributed by atoms with E-state index in [-0.39, 0.29) is 34.3 Å². The second-order valence-corrected chi connectivity index (χ2v) is 17.1. The summed E-state index contributed by atoms with van der Waals surface area (Å²) in [5, 5.41) is 56.6. The number of nitrogens with zero attached hydrogens (tertiary/aromatic N) is 1. The number of fused-ring (bicyclic) bond motifs is 5.